The first-order valence-corrected chi connectivity index (χ1v) is 11.8. The van der Waals surface area contributed by atoms with Crippen LogP contribution in [0.1, 0.15) is 33.4 Å². The van der Waals surface area contributed by atoms with Crippen LogP contribution in [-0.2, 0) is 17.2 Å². The van der Waals surface area contributed by atoms with E-state index < -0.39 is 25.7 Å². The maximum Gasteiger partial charge on any atom is 0.416 e. The van der Waals surface area contributed by atoms with Crippen molar-refractivity contribution in [2.24, 2.45) is 0 Å². The number of ether oxygens (including phenoxy) is 2. The normalized spacial score (nSPS) is 12.0. The van der Waals surface area contributed by atoms with Gasteiger partial charge in [0, 0.05) is 0 Å². The maximum atomic E-state index is 13.0. The minimum Gasteiger partial charge on any atom is -0.481 e. The Kier molecular flexibility index (Phi) is 7.22. The molecule has 5 nitrogen and oxygen atoms in total. The average Bonchev–Trinajstić information content (AvgIpc) is 2.70. The van der Waals surface area contributed by atoms with Gasteiger partial charge < -0.3 is 19.3 Å². The quantitative estimate of drug-likeness (QED) is 0.376. The van der Waals surface area contributed by atoms with Crippen LogP contribution in [-0.4, -0.2) is 16.1 Å². The van der Waals surface area contributed by atoms with Crippen molar-refractivity contribution in [2.45, 2.75) is 33.4 Å². The number of hydrogen-bond acceptors (Lipinski definition) is 3. The number of benzene rings is 3. The highest BCUT2D eigenvalue weighted by atomic mass is 31.2. The molecule has 0 aliphatic rings. The van der Waals surface area contributed by atoms with E-state index in [0.29, 0.717) is 17.9 Å². The average molecular weight is 480 g/mol. The lowest BCUT2D eigenvalue weighted by atomic mass is 9.95. The zero-order valence-electron chi connectivity index (χ0n) is 18.3. The van der Waals surface area contributed by atoms with Crippen LogP contribution in [0.15, 0.2) is 54.6 Å². The molecule has 0 saturated carbocycles. The van der Waals surface area contributed by atoms with E-state index in [1.54, 1.807) is 18.2 Å². The number of rotatable bonds is 7. The van der Waals surface area contributed by atoms with E-state index in [2.05, 4.69) is 0 Å². The van der Waals surface area contributed by atoms with E-state index in [0.717, 1.165) is 39.9 Å². The molecule has 0 heterocycles. The maximum absolute atomic E-state index is 13.0. The van der Waals surface area contributed by atoms with Crippen LogP contribution < -0.4 is 9.47 Å². The zero-order chi connectivity index (χ0) is 24.4. The summed E-state index contributed by atoms with van der Waals surface area (Å²) in [6, 6.07) is 13.7. The highest BCUT2D eigenvalue weighted by Gasteiger charge is 2.30. The summed E-state index contributed by atoms with van der Waals surface area (Å²) < 4.78 is 61.0. The van der Waals surface area contributed by atoms with Gasteiger partial charge in [0.05, 0.1) is 5.56 Å². The second-order valence-electron chi connectivity index (χ2n) is 7.88. The van der Waals surface area contributed by atoms with Gasteiger partial charge in [0.25, 0.3) is 0 Å². The molecule has 0 aliphatic carbocycles. The van der Waals surface area contributed by atoms with Crippen molar-refractivity contribution in [3.8, 4) is 17.2 Å². The van der Waals surface area contributed by atoms with Crippen molar-refractivity contribution >= 4 is 7.60 Å². The van der Waals surface area contributed by atoms with Crippen molar-refractivity contribution < 1.29 is 37.0 Å². The standard InChI is InChI=1S/C24H24F3O5P/c1-15-7-8-18(12-23(15)32-20-6-4-5-19(13-20)24(25,26)27)11-22-16(2)9-21(10-17(22)3)31-14-33(28,29)30/h4-10,12-13H,11,14H2,1-3H3,(H2,28,29,30). The molecule has 3 aromatic rings. The van der Waals surface area contributed by atoms with Crippen LogP contribution in [0.5, 0.6) is 17.2 Å². The van der Waals surface area contributed by atoms with E-state index in [1.807, 2.05) is 32.9 Å². The van der Waals surface area contributed by atoms with E-state index >= 15 is 0 Å². The fourth-order valence-corrected chi connectivity index (χ4v) is 3.72. The van der Waals surface area contributed by atoms with Crippen molar-refractivity contribution in [2.75, 3.05) is 6.35 Å². The van der Waals surface area contributed by atoms with Crippen molar-refractivity contribution in [3.05, 3.63) is 88.0 Å². The molecule has 0 fully saturated rings. The Bertz CT molecular complexity index is 1180. The van der Waals surface area contributed by atoms with Crippen molar-refractivity contribution in [1.29, 1.82) is 0 Å². The van der Waals surface area contributed by atoms with Gasteiger partial charge in [-0.15, -0.1) is 0 Å². The SMILES string of the molecule is Cc1ccc(Cc2c(C)cc(OCP(=O)(O)O)cc2C)cc1Oc1cccc(C(F)(F)F)c1. The summed E-state index contributed by atoms with van der Waals surface area (Å²) in [6.07, 6.45) is -4.61. The molecule has 0 amide bonds. The van der Waals surface area contributed by atoms with E-state index in [-0.39, 0.29) is 5.75 Å². The van der Waals surface area contributed by atoms with Gasteiger partial charge in [-0.2, -0.15) is 13.2 Å². The summed E-state index contributed by atoms with van der Waals surface area (Å²) in [6.45, 7) is 5.57. The number of halogens is 3. The molecule has 0 bridgehead atoms. The number of alkyl halides is 3. The summed E-state index contributed by atoms with van der Waals surface area (Å²) in [5.74, 6) is 0.933. The lowest BCUT2D eigenvalue weighted by Gasteiger charge is -2.16. The second-order valence-corrected chi connectivity index (χ2v) is 9.47. The molecule has 0 saturated heterocycles. The molecule has 0 aliphatic heterocycles. The summed E-state index contributed by atoms with van der Waals surface area (Å²) in [7, 11) is -4.28. The predicted molar refractivity (Wildman–Crippen MR) is 119 cm³/mol. The summed E-state index contributed by atoms with van der Waals surface area (Å²) in [5, 5.41) is 0. The largest absolute Gasteiger partial charge is 0.481 e. The van der Waals surface area contributed by atoms with Gasteiger partial charge in [-0.1, -0.05) is 18.2 Å². The van der Waals surface area contributed by atoms with Gasteiger partial charge in [0.2, 0.25) is 0 Å². The summed E-state index contributed by atoms with van der Waals surface area (Å²) in [4.78, 5) is 18.0. The third-order valence-electron chi connectivity index (χ3n) is 5.09. The minimum atomic E-state index is -4.45. The van der Waals surface area contributed by atoms with E-state index in [9.17, 15) is 17.7 Å². The summed E-state index contributed by atoms with van der Waals surface area (Å²) >= 11 is 0. The monoisotopic (exact) mass is 480 g/mol. The Morgan fingerprint density at radius 2 is 1.55 bits per heavy atom. The molecule has 9 heteroatoms. The Morgan fingerprint density at radius 1 is 0.879 bits per heavy atom. The Balaban J connectivity index is 1.82. The molecular weight excluding hydrogens is 456 g/mol. The lowest BCUT2D eigenvalue weighted by Crippen LogP contribution is -2.04. The van der Waals surface area contributed by atoms with Crippen LogP contribution in [0.2, 0.25) is 0 Å². The van der Waals surface area contributed by atoms with Gasteiger partial charge >= 0.3 is 13.8 Å². The van der Waals surface area contributed by atoms with E-state index in [4.69, 9.17) is 19.3 Å². The van der Waals surface area contributed by atoms with Crippen molar-refractivity contribution in [1.82, 2.24) is 0 Å². The van der Waals surface area contributed by atoms with Gasteiger partial charge in [0.1, 0.15) is 17.2 Å². The molecule has 33 heavy (non-hydrogen) atoms. The van der Waals surface area contributed by atoms with E-state index in [1.165, 1.54) is 12.1 Å². The zero-order valence-corrected chi connectivity index (χ0v) is 19.2. The first-order chi connectivity index (χ1) is 15.3. The second kappa shape index (κ2) is 9.59. The first-order valence-electron chi connectivity index (χ1n) is 10.0. The van der Waals surface area contributed by atoms with Crippen LogP contribution >= 0.6 is 7.60 Å². The fourth-order valence-electron chi connectivity index (χ4n) is 3.41. The Morgan fingerprint density at radius 3 is 2.15 bits per heavy atom. The van der Waals surface area contributed by atoms with Crippen LogP contribution in [0.3, 0.4) is 0 Å². The lowest BCUT2D eigenvalue weighted by molar-refractivity contribution is -0.137. The molecule has 176 valence electrons. The summed E-state index contributed by atoms with van der Waals surface area (Å²) in [5.41, 5.74) is 3.69. The van der Waals surface area contributed by atoms with Gasteiger partial charge in [-0.3, -0.25) is 4.57 Å². The molecule has 0 spiro atoms. The topological polar surface area (TPSA) is 76.0 Å². The molecule has 3 rings (SSSR count). The molecule has 0 aromatic heterocycles. The van der Waals surface area contributed by atoms with Gasteiger partial charge in [0.15, 0.2) is 6.35 Å². The Labute approximate surface area is 190 Å². The fraction of sp³-hybridized carbons (Fsp3) is 0.250. The van der Waals surface area contributed by atoms with Crippen LogP contribution in [0, 0.1) is 20.8 Å². The third-order valence-corrected chi connectivity index (χ3v) is 5.56. The van der Waals surface area contributed by atoms with Gasteiger partial charge in [-0.05, 0) is 91.4 Å². The molecule has 0 unspecified atom stereocenters. The smallest absolute Gasteiger partial charge is 0.416 e. The first kappa shape index (κ1) is 24.8. The van der Waals surface area contributed by atoms with Crippen molar-refractivity contribution in [3.63, 3.8) is 0 Å². The molecular formula is C24H24F3O5P. The van der Waals surface area contributed by atoms with Crippen LogP contribution in [0.25, 0.3) is 0 Å². The predicted octanol–water partition coefficient (Wildman–Crippen LogP) is 6.53. The molecule has 3 aromatic carbocycles. The minimum absolute atomic E-state index is 0.101. The Hall–Kier alpha value is -2.80. The third kappa shape index (κ3) is 6.84. The molecule has 2 N–H and O–H groups in total. The molecule has 0 radical (unpaired) electrons. The number of hydrogen-bond donors (Lipinski definition) is 2. The molecule has 0 atom stereocenters. The van der Waals surface area contributed by atoms with Crippen LogP contribution in [0.4, 0.5) is 13.2 Å². The highest BCUT2D eigenvalue weighted by molar-refractivity contribution is 7.51. The highest BCUT2D eigenvalue weighted by Crippen LogP contribution is 2.36. The van der Waals surface area contributed by atoms with Gasteiger partial charge in [-0.25, -0.2) is 0 Å². The number of aryl methyl sites for hydroxylation is 3.